The predicted molar refractivity (Wildman–Crippen MR) is 62.5 cm³/mol. The van der Waals surface area contributed by atoms with Crippen LogP contribution >= 0.6 is 0 Å². The number of halogens is 1. The SMILES string of the molecule is CCCCC(N)c1nc2c(F)cccc2[nH]1. The number of nitrogens with one attached hydrogen (secondary N) is 1. The van der Waals surface area contributed by atoms with Crippen molar-refractivity contribution in [3.8, 4) is 0 Å². The number of hydrogen-bond donors (Lipinski definition) is 2. The molecule has 4 heteroatoms. The summed E-state index contributed by atoms with van der Waals surface area (Å²) >= 11 is 0. The molecule has 16 heavy (non-hydrogen) atoms. The monoisotopic (exact) mass is 221 g/mol. The molecule has 1 aromatic carbocycles. The van der Waals surface area contributed by atoms with Crippen molar-refractivity contribution in [2.24, 2.45) is 5.73 Å². The van der Waals surface area contributed by atoms with Crippen molar-refractivity contribution >= 4 is 11.0 Å². The highest BCUT2D eigenvalue weighted by atomic mass is 19.1. The number of aromatic nitrogens is 2. The van der Waals surface area contributed by atoms with E-state index in [1.165, 1.54) is 6.07 Å². The van der Waals surface area contributed by atoms with Gasteiger partial charge in [-0.1, -0.05) is 25.8 Å². The molecule has 0 saturated heterocycles. The highest BCUT2D eigenvalue weighted by Gasteiger charge is 2.12. The van der Waals surface area contributed by atoms with Gasteiger partial charge in [-0.3, -0.25) is 0 Å². The second-order valence-electron chi connectivity index (χ2n) is 4.01. The van der Waals surface area contributed by atoms with Gasteiger partial charge in [0, 0.05) is 0 Å². The van der Waals surface area contributed by atoms with Crippen molar-refractivity contribution in [3.63, 3.8) is 0 Å². The van der Waals surface area contributed by atoms with Crippen LogP contribution in [0.5, 0.6) is 0 Å². The van der Waals surface area contributed by atoms with Gasteiger partial charge in [0.15, 0.2) is 5.82 Å². The second-order valence-corrected chi connectivity index (χ2v) is 4.01. The highest BCUT2D eigenvalue weighted by Crippen LogP contribution is 2.20. The molecule has 2 aromatic rings. The number of aromatic amines is 1. The summed E-state index contributed by atoms with van der Waals surface area (Å²) in [5.74, 6) is 0.372. The van der Waals surface area contributed by atoms with Crippen molar-refractivity contribution in [1.29, 1.82) is 0 Å². The normalized spacial score (nSPS) is 13.2. The molecule has 86 valence electrons. The third-order valence-corrected chi connectivity index (χ3v) is 2.70. The molecule has 0 bridgehead atoms. The van der Waals surface area contributed by atoms with Gasteiger partial charge in [-0.15, -0.1) is 0 Å². The van der Waals surface area contributed by atoms with Crippen LogP contribution in [-0.2, 0) is 0 Å². The Hall–Kier alpha value is -1.42. The van der Waals surface area contributed by atoms with E-state index >= 15 is 0 Å². The Morgan fingerprint density at radius 1 is 1.50 bits per heavy atom. The first kappa shape index (κ1) is 11.1. The number of para-hydroxylation sites is 1. The zero-order chi connectivity index (χ0) is 11.5. The Morgan fingerprint density at radius 2 is 2.31 bits per heavy atom. The number of nitrogens with two attached hydrogens (primary N) is 1. The van der Waals surface area contributed by atoms with E-state index in [2.05, 4.69) is 16.9 Å². The maximum Gasteiger partial charge on any atom is 0.151 e. The van der Waals surface area contributed by atoms with Crippen LogP contribution in [0.4, 0.5) is 4.39 Å². The van der Waals surface area contributed by atoms with Gasteiger partial charge in [-0.05, 0) is 18.6 Å². The van der Waals surface area contributed by atoms with Gasteiger partial charge in [-0.2, -0.15) is 0 Å². The number of rotatable bonds is 4. The molecule has 1 aromatic heterocycles. The molecule has 2 rings (SSSR count). The highest BCUT2D eigenvalue weighted by molar-refractivity contribution is 5.75. The van der Waals surface area contributed by atoms with E-state index in [9.17, 15) is 4.39 Å². The quantitative estimate of drug-likeness (QED) is 0.834. The van der Waals surface area contributed by atoms with Gasteiger partial charge in [0.05, 0.1) is 11.6 Å². The molecule has 1 atom stereocenters. The van der Waals surface area contributed by atoms with Crippen molar-refractivity contribution in [2.45, 2.75) is 32.2 Å². The summed E-state index contributed by atoms with van der Waals surface area (Å²) in [5.41, 5.74) is 7.07. The molecule has 1 heterocycles. The van der Waals surface area contributed by atoms with Gasteiger partial charge in [0.2, 0.25) is 0 Å². The molecule has 3 nitrogen and oxygen atoms in total. The lowest BCUT2D eigenvalue weighted by Crippen LogP contribution is -2.11. The Morgan fingerprint density at radius 3 is 3.00 bits per heavy atom. The number of fused-ring (bicyclic) bond motifs is 1. The largest absolute Gasteiger partial charge is 0.341 e. The fourth-order valence-corrected chi connectivity index (χ4v) is 1.75. The maximum atomic E-state index is 13.4. The molecule has 0 fully saturated rings. The average molecular weight is 221 g/mol. The molecule has 1 unspecified atom stereocenters. The number of imidazole rings is 1. The van der Waals surface area contributed by atoms with Crippen molar-refractivity contribution in [1.82, 2.24) is 9.97 Å². The van der Waals surface area contributed by atoms with E-state index in [-0.39, 0.29) is 11.9 Å². The van der Waals surface area contributed by atoms with E-state index in [0.29, 0.717) is 16.9 Å². The zero-order valence-electron chi connectivity index (χ0n) is 9.33. The molecular formula is C12H16FN3. The maximum absolute atomic E-state index is 13.4. The van der Waals surface area contributed by atoms with E-state index in [1.54, 1.807) is 12.1 Å². The summed E-state index contributed by atoms with van der Waals surface area (Å²) in [6.45, 7) is 2.12. The first-order valence-corrected chi connectivity index (χ1v) is 5.62. The Balaban J connectivity index is 2.29. The van der Waals surface area contributed by atoms with E-state index in [4.69, 9.17) is 5.73 Å². The third kappa shape index (κ3) is 2.07. The standard InChI is InChI=1S/C12H16FN3/c1-2-3-6-9(14)12-15-10-7-4-5-8(13)11(10)16-12/h4-5,7,9H,2-3,6,14H2,1H3,(H,15,16). The van der Waals surface area contributed by atoms with E-state index in [0.717, 1.165) is 19.3 Å². The molecule has 0 saturated carbocycles. The molecular weight excluding hydrogens is 205 g/mol. The first-order valence-electron chi connectivity index (χ1n) is 5.62. The summed E-state index contributed by atoms with van der Waals surface area (Å²) in [6, 6.07) is 4.75. The number of nitrogens with zero attached hydrogens (tertiary/aromatic N) is 1. The Labute approximate surface area is 93.9 Å². The number of H-pyrrole nitrogens is 1. The van der Waals surface area contributed by atoms with Crippen molar-refractivity contribution in [3.05, 3.63) is 29.8 Å². The molecule has 0 spiro atoms. The summed E-state index contributed by atoms with van der Waals surface area (Å²) < 4.78 is 13.4. The second kappa shape index (κ2) is 4.61. The van der Waals surface area contributed by atoms with Crippen LogP contribution in [-0.4, -0.2) is 9.97 Å². The molecule has 0 radical (unpaired) electrons. The summed E-state index contributed by atoms with van der Waals surface area (Å²) in [6.07, 6.45) is 3.03. The Bertz CT molecular complexity index is 478. The molecule has 0 aliphatic carbocycles. The van der Waals surface area contributed by atoms with Crippen LogP contribution in [0.3, 0.4) is 0 Å². The average Bonchev–Trinajstić information content (AvgIpc) is 2.71. The summed E-state index contributed by atoms with van der Waals surface area (Å²) in [5, 5.41) is 0. The number of unbranched alkanes of at least 4 members (excludes halogenated alkanes) is 1. The van der Waals surface area contributed by atoms with Crippen LogP contribution in [0.25, 0.3) is 11.0 Å². The van der Waals surface area contributed by atoms with Gasteiger partial charge < -0.3 is 10.7 Å². The van der Waals surface area contributed by atoms with Crippen molar-refractivity contribution < 1.29 is 4.39 Å². The van der Waals surface area contributed by atoms with Crippen LogP contribution in [0.15, 0.2) is 18.2 Å². The number of benzene rings is 1. The third-order valence-electron chi connectivity index (χ3n) is 2.70. The lowest BCUT2D eigenvalue weighted by Gasteiger charge is -2.06. The predicted octanol–water partition coefficient (Wildman–Crippen LogP) is 2.89. The van der Waals surface area contributed by atoms with Crippen LogP contribution in [0.2, 0.25) is 0 Å². The minimum atomic E-state index is -0.303. The number of hydrogen-bond acceptors (Lipinski definition) is 2. The van der Waals surface area contributed by atoms with Crippen LogP contribution in [0.1, 0.15) is 38.1 Å². The summed E-state index contributed by atoms with van der Waals surface area (Å²) in [7, 11) is 0. The van der Waals surface area contributed by atoms with Gasteiger partial charge in [-0.25, -0.2) is 9.37 Å². The smallest absolute Gasteiger partial charge is 0.151 e. The first-order chi connectivity index (χ1) is 7.72. The van der Waals surface area contributed by atoms with Gasteiger partial charge in [0.25, 0.3) is 0 Å². The van der Waals surface area contributed by atoms with Gasteiger partial charge >= 0.3 is 0 Å². The molecule has 3 N–H and O–H groups in total. The van der Waals surface area contributed by atoms with Crippen LogP contribution < -0.4 is 5.73 Å². The van der Waals surface area contributed by atoms with E-state index in [1.807, 2.05) is 0 Å². The molecule has 0 aliphatic heterocycles. The topological polar surface area (TPSA) is 54.7 Å². The van der Waals surface area contributed by atoms with Crippen LogP contribution in [0, 0.1) is 5.82 Å². The molecule has 0 amide bonds. The molecule has 0 aliphatic rings. The van der Waals surface area contributed by atoms with Gasteiger partial charge in [0.1, 0.15) is 11.3 Å². The minimum Gasteiger partial charge on any atom is -0.341 e. The zero-order valence-corrected chi connectivity index (χ0v) is 9.33. The fourth-order valence-electron chi connectivity index (χ4n) is 1.75. The lowest BCUT2D eigenvalue weighted by molar-refractivity contribution is 0.580. The van der Waals surface area contributed by atoms with E-state index < -0.39 is 0 Å². The summed E-state index contributed by atoms with van der Waals surface area (Å²) in [4.78, 5) is 7.28. The minimum absolute atomic E-state index is 0.133. The fraction of sp³-hybridized carbons (Fsp3) is 0.417. The lowest BCUT2D eigenvalue weighted by atomic mass is 10.1. The Kier molecular flexibility index (Phi) is 3.19. The van der Waals surface area contributed by atoms with Crippen molar-refractivity contribution in [2.75, 3.05) is 0 Å².